The van der Waals surface area contributed by atoms with E-state index in [0.29, 0.717) is 27.8 Å². The summed E-state index contributed by atoms with van der Waals surface area (Å²) in [5.74, 6) is 0. The van der Waals surface area contributed by atoms with E-state index in [1.54, 1.807) is 30.6 Å². The van der Waals surface area contributed by atoms with Crippen molar-refractivity contribution < 1.29 is 4.42 Å². The third-order valence-electron chi connectivity index (χ3n) is 2.80. The minimum Gasteiger partial charge on any atom is -0.422 e. The van der Waals surface area contributed by atoms with Gasteiger partial charge in [-0.2, -0.15) is 19.7 Å². The average Bonchev–Trinajstić information content (AvgIpc) is 3.00. The van der Waals surface area contributed by atoms with Gasteiger partial charge in [0.2, 0.25) is 5.28 Å². The van der Waals surface area contributed by atoms with Gasteiger partial charge < -0.3 is 4.42 Å². The van der Waals surface area contributed by atoms with Crippen LogP contribution < -0.4 is 0 Å². The van der Waals surface area contributed by atoms with Crippen molar-refractivity contribution >= 4 is 45.3 Å². The first kappa shape index (κ1) is 11.6. The SMILES string of the molecule is Clc1ccc2nc(-n3ncc4cnc(Cl)nc43)oc2c1. The molecule has 20 heavy (non-hydrogen) atoms. The molecule has 0 amide bonds. The fourth-order valence-corrected chi connectivity index (χ4v) is 2.20. The predicted molar refractivity (Wildman–Crippen MR) is 74.2 cm³/mol. The molecule has 0 saturated carbocycles. The highest BCUT2D eigenvalue weighted by molar-refractivity contribution is 6.31. The molecule has 0 aliphatic heterocycles. The van der Waals surface area contributed by atoms with E-state index in [2.05, 4.69) is 20.1 Å². The molecule has 4 rings (SSSR count). The molecular weight excluding hydrogens is 301 g/mol. The first-order valence-electron chi connectivity index (χ1n) is 5.63. The highest BCUT2D eigenvalue weighted by Gasteiger charge is 2.13. The maximum atomic E-state index is 5.92. The zero-order chi connectivity index (χ0) is 13.7. The lowest BCUT2D eigenvalue weighted by Crippen LogP contribution is -1.98. The molecule has 0 aliphatic carbocycles. The van der Waals surface area contributed by atoms with E-state index in [1.807, 2.05) is 0 Å². The summed E-state index contributed by atoms with van der Waals surface area (Å²) in [6.45, 7) is 0. The number of oxazole rings is 1. The van der Waals surface area contributed by atoms with Gasteiger partial charge in [-0.15, -0.1) is 0 Å². The summed E-state index contributed by atoms with van der Waals surface area (Å²) in [6.07, 6.45) is 3.21. The van der Waals surface area contributed by atoms with Crippen LogP contribution in [-0.4, -0.2) is 24.7 Å². The van der Waals surface area contributed by atoms with Gasteiger partial charge in [-0.3, -0.25) is 0 Å². The molecule has 1 aromatic carbocycles. The highest BCUT2D eigenvalue weighted by Crippen LogP contribution is 2.23. The number of hydrogen-bond acceptors (Lipinski definition) is 5. The summed E-state index contributed by atoms with van der Waals surface area (Å²) in [6, 6.07) is 5.52. The first-order chi connectivity index (χ1) is 9.70. The van der Waals surface area contributed by atoms with E-state index >= 15 is 0 Å². The maximum Gasteiger partial charge on any atom is 0.325 e. The molecule has 0 atom stereocenters. The predicted octanol–water partition coefficient (Wildman–Crippen LogP) is 3.26. The lowest BCUT2D eigenvalue weighted by Gasteiger charge is -1.95. The quantitative estimate of drug-likeness (QED) is 0.505. The van der Waals surface area contributed by atoms with Crippen molar-refractivity contribution in [1.29, 1.82) is 0 Å². The number of aromatic nitrogens is 5. The van der Waals surface area contributed by atoms with Gasteiger partial charge in [-0.05, 0) is 23.7 Å². The van der Waals surface area contributed by atoms with Crippen molar-refractivity contribution in [3.8, 4) is 6.01 Å². The minimum atomic E-state index is 0.137. The van der Waals surface area contributed by atoms with E-state index < -0.39 is 0 Å². The van der Waals surface area contributed by atoms with Crippen molar-refractivity contribution in [2.45, 2.75) is 0 Å². The average molecular weight is 306 g/mol. The molecule has 98 valence electrons. The maximum absolute atomic E-state index is 5.92. The minimum absolute atomic E-state index is 0.137. The topological polar surface area (TPSA) is 69.6 Å². The molecule has 0 aliphatic rings. The van der Waals surface area contributed by atoms with Crippen LogP contribution in [0.5, 0.6) is 0 Å². The van der Waals surface area contributed by atoms with Gasteiger partial charge in [0.1, 0.15) is 5.52 Å². The van der Waals surface area contributed by atoms with Crippen molar-refractivity contribution in [3.63, 3.8) is 0 Å². The standard InChI is InChI=1S/C12H5Cl2N5O/c13-7-1-2-8-9(3-7)20-12(17-8)19-10-6(5-16-19)4-15-11(14)18-10/h1-5H. The van der Waals surface area contributed by atoms with Gasteiger partial charge in [0.15, 0.2) is 11.2 Å². The lowest BCUT2D eigenvalue weighted by atomic mass is 10.3. The third-order valence-corrected chi connectivity index (χ3v) is 3.22. The van der Waals surface area contributed by atoms with Crippen LogP contribution in [0.4, 0.5) is 0 Å². The largest absolute Gasteiger partial charge is 0.422 e. The fraction of sp³-hybridized carbons (Fsp3) is 0. The lowest BCUT2D eigenvalue weighted by molar-refractivity contribution is 0.548. The molecular formula is C12H5Cl2N5O. The Morgan fingerprint density at radius 3 is 2.90 bits per heavy atom. The van der Waals surface area contributed by atoms with Gasteiger partial charge in [-0.1, -0.05) is 11.6 Å². The van der Waals surface area contributed by atoms with Gasteiger partial charge in [0.25, 0.3) is 0 Å². The Morgan fingerprint density at radius 2 is 2.00 bits per heavy atom. The summed E-state index contributed by atoms with van der Waals surface area (Å²) in [7, 11) is 0. The van der Waals surface area contributed by atoms with Gasteiger partial charge >= 0.3 is 6.01 Å². The Kier molecular flexibility index (Phi) is 2.42. The van der Waals surface area contributed by atoms with E-state index in [1.165, 1.54) is 4.68 Å². The van der Waals surface area contributed by atoms with Crippen LogP contribution in [0.2, 0.25) is 10.3 Å². The smallest absolute Gasteiger partial charge is 0.325 e. The van der Waals surface area contributed by atoms with Crippen molar-refractivity contribution in [1.82, 2.24) is 24.7 Å². The Balaban J connectivity index is 1.98. The van der Waals surface area contributed by atoms with Crippen LogP contribution in [0.15, 0.2) is 35.0 Å². The monoisotopic (exact) mass is 305 g/mol. The Morgan fingerprint density at radius 1 is 1.10 bits per heavy atom. The van der Waals surface area contributed by atoms with Crippen LogP contribution in [0, 0.1) is 0 Å². The summed E-state index contributed by atoms with van der Waals surface area (Å²) in [5, 5.41) is 5.65. The molecule has 4 aromatic rings. The van der Waals surface area contributed by atoms with Gasteiger partial charge in [-0.25, -0.2) is 4.98 Å². The number of benzene rings is 1. The molecule has 6 nitrogen and oxygen atoms in total. The molecule has 8 heteroatoms. The number of fused-ring (bicyclic) bond motifs is 2. The van der Waals surface area contributed by atoms with Crippen LogP contribution in [0.3, 0.4) is 0 Å². The number of rotatable bonds is 1. The van der Waals surface area contributed by atoms with Gasteiger partial charge in [0, 0.05) is 17.3 Å². The zero-order valence-electron chi connectivity index (χ0n) is 9.79. The Hall–Kier alpha value is -2.18. The molecule has 3 heterocycles. The summed E-state index contributed by atoms with van der Waals surface area (Å²) < 4.78 is 7.11. The highest BCUT2D eigenvalue weighted by atomic mass is 35.5. The van der Waals surface area contributed by atoms with E-state index in [-0.39, 0.29) is 5.28 Å². The van der Waals surface area contributed by atoms with Crippen LogP contribution in [-0.2, 0) is 0 Å². The van der Waals surface area contributed by atoms with Crippen LogP contribution >= 0.6 is 23.2 Å². The molecule has 0 fully saturated rings. The summed E-state index contributed by atoms with van der Waals surface area (Å²) in [4.78, 5) is 12.4. The Labute approximate surface area is 122 Å². The van der Waals surface area contributed by atoms with Crippen molar-refractivity contribution in [2.24, 2.45) is 0 Å². The van der Waals surface area contributed by atoms with E-state index in [9.17, 15) is 0 Å². The fourth-order valence-electron chi connectivity index (χ4n) is 1.91. The van der Waals surface area contributed by atoms with Crippen molar-refractivity contribution in [3.05, 3.63) is 40.9 Å². The second-order valence-electron chi connectivity index (χ2n) is 4.08. The molecule has 0 N–H and O–H groups in total. The zero-order valence-corrected chi connectivity index (χ0v) is 11.3. The number of nitrogens with zero attached hydrogens (tertiary/aromatic N) is 5. The van der Waals surface area contributed by atoms with Crippen LogP contribution in [0.1, 0.15) is 0 Å². The molecule has 0 saturated heterocycles. The Bertz CT molecular complexity index is 945. The number of hydrogen-bond donors (Lipinski definition) is 0. The molecule has 3 aromatic heterocycles. The van der Waals surface area contributed by atoms with E-state index in [4.69, 9.17) is 27.6 Å². The second kappa shape index (κ2) is 4.16. The van der Waals surface area contributed by atoms with Crippen LogP contribution in [0.25, 0.3) is 28.1 Å². The second-order valence-corrected chi connectivity index (χ2v) is 4.86. The number of halogens is 2. The summed E-state index contributed by atoms with van der Waals surface area (Å²) >= 11 is 11.7. The van der Waals surface area contributed by atoms with Crippen molar-refractivity contribution in [2.75, 3.05) is 0 Å². The normalized spacial score (nSPS) is 11.5. The molecule has 0 unspecified atom stereocenters. The molecule has 0 bridgehead atoms. The van der Waals surface area contributed by atoms with Gasteiger partial charge in [0.05, 0.1) is 11.6 Å². The molecule has 0 spiro atoms. The summed E-state index contributed by atoms with van der Waals surface area (Å²) in [5.41, 5.74) is 1.80. The third kappa shape index (κ3) is 1.73. The first-order valence-corrected chi connectivity index (χ1v) is 6.39. The van der Waals surface area contributed by atoms with E-state index in [0.717, 1.165) is 5.39 Å². The molecule has 0 radical (unpaired) electrons.